The standard InChI is InChI=1S/C13H18O5/c14-5-1-7-17-12-3-4-13(11(9-12)10-16)18-8-2-6-15/h3-4,9-10,14-15H,1-2,5-8H2. The molecule has 100 valence electrons. The van der Waals surface area contributed by atoms with Crippen molar-refractivity contribution < 1.29 is 24.5 Å². The molecule has 0 fully saturated rings. The first-order valence-electron chi connectivity index (χ1n) is 5.88. The maximum Gasteiger partial charge on any atom is 0.153 e. The monoisotopic (exact) mass is 254 g/mol. The Labute approximate surface area is 106 Å². The first kappa shape index (κ1) is 14.5. The van der Waals surface area contributed by atoms with E-state index in [9.17, 15) is 4.79 Å². The van der Waals surface area contributed by atoms with Gasteiger partial charge < -0.3 is 19.7 Å². The number of benzene rings is 1. The predicted molar refractivity (Wildman–Crippen MR) is 66.2 cm³/mol. The third-order valence-corrected chi connectivity index (χ3v) is 2.24. The second-order valence-electron chi connectivity index (χ2n) is 3.67. The summed E-state index contributed by atoms with van der Waals surface area (Å²) in [6, 6.07) is 4.96. The van der Waals surface area contributed by atoms with Crippen LogP contribution in [0.25, 0.3) is 0 Å². The number of aliphatic hydroxyl groups excluding tert-OH is 2. The molecule has 1 rings (SSSR count). The highest BCUT2D eigenvalue weighted by Gasteiger charge is 2.05. The quantitative estimate of drug-likeness (QED) is 0.508. The van der Waals surface area contributed by atoms with Gasteiger partial charge in [0.2, 0.25) is 0 Å². The summed E-state index contributed by atoms with van der Waals surface area (Å²) in [4.78, 5) is 10.9. The summed E-state index contributed by atoms with van der Waals surface area (Å²) in [6.45, 7) is 0.892. The van der Waals surface area contributed by atoms with Gasteiger partial charge in [0.05, 0.1) is 18.8 Å². The number of aliphatic hydroxyl groups is 2. The largest absolute Gasteiger partial charge is 0.493 e. The fourth-order valence-electron chi connectivity index (χ4n) is 1.34. The average Bonchev–Trinajstić information content (AvgIpc) is 2.40. The van der Waals surface area contributed by atoms with Crippen LogP contribution in [0.15, 0.2) is 18.2 Å². The number of carbonyl (C=O) groups excluding carboxylic acids is 1. The minimum atomic E-state index is 0.0543. The molecule has 18 heavy (non-hydrogen) atoms. The highest BCUT2D eigenvalue weighted by molar-refractivity contribution is 5.80. The van der Waals surface area contributed by atoms with Gasteiger partial charge in [0, 0.05) is 26.1 Å². The predicted octanol–water partition coefficient (Wildman–Crippen LogP) is 1.02. The van der Waals surface area contributed by atoms with Gasteiger partial charge in [-0.05, 0) is 18.2 Å². The van der Waals surface area contributed by atoms with E-state index < -0.39 is 0 Å². The molecule has 0 bridgehead atoms. The number of ether oxygens (including phenoxy) is 2. The van der Waals surface area contributed by atoms with Gasteiger partial charge in [-0.25, -0.2) is 0 Å². The van der Waals surface area contributed by atoms with E-state index in [1.165, 1.54) is 0 Å². The summed E-state index contributed by atoms with van der Waals surface area (Å²) in [5.74, 6) is 1.05. The molecule has 0 unspecified atom stereocenters. The molecule has 0 aliphatic rings. The summed E-state index contributed by atoms with van der Waals surface area (Å²) in [5, 5.41) is 17.3. The van der Waals surface area contributed by atoms with E-state index in [2.05, 4.69) is 0 Å². The molecule has 0 radical (unpaired) electrons. The minimum absolute atomic E-state index is 0.0543. The Hall–Kier alpha value is -1.59. The Kier molecular flexibility index (Phi) is 6.83. The summed E-state index contributed by atoms with van der Waals surface area (Å²) < 4.78 is 10.7. The van der Waals surface area contributed by atoms with Crippen LogP contribution < -0.4 is 9.47 Å². The Morgan fingerprint density at radius 3 is 2.33 bits per heavy atom. The van der Waals surface area contributed by atoms with Crippen molar-refractivity contribution in [3.8, 4) is 11.5 Å². The third-order valence-electron chi connectivity index (χ3n) is 2.24. The summed E-state index contributed by atoms with van der Waals surface area (Å²) >= 11 is 0. The smallest absolute Gasteiger partial charge is 0.153 e. The molecular formula is C13H18O5. The molecule has 0 amide bonds. The lowest BCUT2D eigenvalue weighted by Crippen LogP contribution is -2.03. The Morgan fingerprint density at radius 2 is 1.72 bits per heavy atom. The molecular weight excluding hydrogens is 236 g/mol. The fourth-order valence-corrected chi connectivity index (χ4v) is 1.34. The van der Waals surface area contributed by atoms with Crippen molar-refractivity contribution in [1.82, 2.24) is 0 Å². The van der Waals surface area contributed by atoms with E-state index in [4.69, 9.17) is 19.7 Å². The summed E-state index contributed by atoms with van der Waals surface area (Å²) in [5.41, 5.74) is 0.412. The highest BCUT2D eigenvalue weighted by atomic mass is 16.5. The second-order valence-corrected chi connectivity index (χ2v) is 3.67. The Balaban J connectivity index is 2.61. The van der Waals surface area contributed by atoms with Crippen LogP contribution in [0.5, 0.6) is 11.5 Å². The van der Waals surface area contributed by atoms with Crippen molar-refractivity contribution in [2.45, 2.75) is 12.8 Å². The first-order chi connectivity index (χ1) is 8.81. The van der Waals surface area contributed by atoms with Crippen LogP contribution in [0.2, 0.25) is 0 Å². The molecule has 5 nitrogen and oxygen atoms in total. The molecule has 5 heteroatoms. The molecule has 2 N–H and O–H groups in total. The maximum absolute atomic E-state index is 10.9. The van der Waals surface area contributed by atoms with Gasteiger partial charge in [-0.3, -0.25) is 4.79 Å². The van der Waals surface area contributed by atoms with Gasteiger partial charge >= 0.3 is 0 Å². The van der Waals surface area contributed by atoms with Crippen molar-refractivity contribution in [2.75, 3.05) is 26.4 Å². The molecule has 0 saturated carbocycles. The fraction of sp³-hybridized carbons (Fsp3) is 0.462. The molecule has 1 aromatic carbocycles. The Bertz CT molecular complexity index is 364. The Morgan fingerprint density at radius 1 is 1.06 bits per heavy atom. The maximum atomic E-state index is 10.9. The van der Waals surface area contributed by atoms with E-state index >= 15 is 0 Å². The van der Waals surface area contributed by atoms with Crippen LogP contribution in [0, 0.1) is 0 Å². The topological polar surface area (TPSA) is 76.0 Å². The molecule has 1 aromatic rings. The third kappa shape index (κ3) is 4.73. The van der Waals surface area contributed by atoms with E-state index in [1.54, 1.807) is 18.2 Å². The van der Waals surface area contributed by atoms with E-state index in [1.807, 2.05) is 0 Å². The van der Waals surface area contributed by atoms with Crippen molar-refractivity contribution in [1.29, 1.82) is 0 Å². The zero-order valence-corrected chi connectivity index (χ0v) is 10.2. The number of carbonyl (C=O) groups is 1. The van der Waals surface area contributed by atoms with E-state index in [0.29, 0.717) is 49.4 Å². The van der Waals surface area contributed by atoms with Crippen LogP contribution in [0.3, 0.4) is 0 Å². The lowest BCUT2D eigenvalue weighted by Gasteiger charge is -2.10. The van der Waals surface area contributed by atoms with Crippen molar-refractivity contribution >= 4 is 6.29 Å². The second kappa shape index (κ2) is 8.49. The van der Waals surface area contributed by atoms with Gasteiger partial charge in [-0.1, -0.05) is 0 Å². The summed E-state index contributed by atoms with van der Waals surface area (Å²) in [6.07, 6.45) is 1.77. The minimum Gasteiger partial charge on any atom is -0.493 e. The van der Waals surface area contributed by atoms with Crippen LogP contribution in [-0.2, 0) is 0 Å². The number of hydrogen-bond donors (Lipinski definition) is 2. The zero-order chi connectivity index (χ0) is 13.2. The lowest BCUT2D eigenvalue weighted by atomic mass is 10.2. The van der Waals surface area contributed by atoms with E-state index in [-0.39, 0.29) is 13.2 Å². The number of hydrogen-bond acceptors (Lipinski definition) is 5. The number of rotatable bonds is 9. The van der Waals surface area contributed by atoms with Crippen molar-refractivity contribution in [3.63, 3.8) is 0 Å². The van der Waals surface area contributed by atoms with Crippen LogP contribution >= 0.6 is 0 Å². The molecule has 0 atom stereocenters. The molecule has 0 saturated heterocycles. The SMILES string of the molecule is O=Cc1cc(OCCCO)ccc1OCCCO. The zero-order valence-electron chi connectivity index (χ0n) is 10.2. The highest BCUT2D eigenvalue weighted by Crippen LogP contribution is 2.23. The van der Waals surface area contributed by atoms with Gasteiger partial charge in [0.25, 0.3) is 0 Å². The molecule has 0 spiro atoms. The average molecular weight is 254 g/mol. The van der Waals surface area contributed by atoms with E-state index in [0.717, 1.165) is 0 Å². The van der Waals surface area contributed by atoms with Crippen molar-refractivity contribution in [2.24, 2.45) is 0 Å². The van der Waals surface area contributed by atoms with Gasteiger partial charge in [0.1, 0.15) is 11.5 Å². The van der Waals surface area contributed by atoms with Gasteiger partial charge in [-0.15, -0.1) is 0 Å². The normalized spacial score (nSPS) is 10.1. The molecule has 0 aromatic heterocycles. The number of aldehydes is 1. The lowest BCUT2D eigenvalue weighted by molar-refractivity contribution is 0.111. The van der Waals surface area contributed by atoms with Gasteiger partial charge in [0.15, 0.2) is 6.29 Å². The van der Waals surface area contributed by atoms with Crippen LogP contribution in [0.4, 0.5) is 0 Å². The summed E-state index contributed by atoms with van der Waals surface area (Å²) in [7, 11) is 0. The first-order valence-corrected chi connectivity index (χ1v) is 5.88. The van der Waals surface area contributed by atoms with Gasteiger partial charge in [-0.2, -0.15) is 0 Å². The molecule has 0 heterocycles. The van der Waals surface area contributed by atoms with Crippen LogP contribution in [0.1, 0.15) is 23.2 Å². The molecule has 0 aliphatic carbocycles. The van der Waals surface area contributed by atoms with Crippen molar-refractivity contribution in [3.05, 3.63) is 23.8 Å². The van der Waals surface area contributed by atoms with Crippen LogP contribution in [-0.4, -0.2) is 42.9 Å². The molecule has 0 aliphatic heterocycles.